The number of amides is 2. The Labute approximate surface area is 186 Å². The Bertz CT molecular complexity index is 1190. The van der Waals surface area contributed by atoms with Gasteiger partial charge >= 0.3 is 5.69 Å². The van der Waals surface area contributed by atoms with E-state index < -0.39 is 22.3 Å². The molecular weight excluding hydrogens is 435 g/mol. The van der Waals surface area contributed by atoms with Gasteiger partial charge in [-0.25, -0.2) is 9.67 Å². The van der Waals surface area contributed by atoms with Crippen molar-refractivity contribution < 1.29 is 23.6 Å². The summed E-state index contributed by atoms with van der Waals surface area (Å²) in [5, 5.41) is 17.7. The molecule has 170 valence electrons. The number of hydrogen-bond acceptors (Lipinski definition) is 7. The van der Waals surface area contributed by atoms with E-state index in [0.29, 0.717) is 24.6 Å². The number of carbonyl (C=O) groups is 2. The molecule has 4 rings (SSSR count). The Hall–Kier alpha value is -4.35. The summed E-state index contributed by atoms with van der Waals surface area (Å²) in [5.41, 5.74) is -0.0541. The fraction of sp³-hybridized carbons (Fsp3) is 0.238. The third-order valence-electron chi connectivity index (χ3n) is 5.09. The zero-order valence-corrected chi connectivity index (χ0v) is 17.3. The second-order valence-corrected chi connectivity index (χ2v) is 7.32. The van der Waals surface area contributed by atoms with Gasteiger partial charge in [-0.2, -0.15) is 9.49 Å². The zero-order valence-electron chi connectivity index (χ0n) is 17.3. The fourth-order valence-electron chi connectivity index (χ4n) is 3.45. The molecular formula is C21H19FN6O5. The summed E-state index contributed by atoms with van der Waals surface area (Å²) in [4.78, 5) is 40.4. The molecule has 1 aliphatic rings. The van der Waals surface area contributed by atoms with E-state index in [1.165, 1.54) is 17.3 Å². The van der Waals surface area contributed by atoms with Gasteiger partial charge in [0.05, 0.1) is 23.1 Å². The topological polar surface area (TPSA) is 132 Å². The molecule has 12 heteroatoms. The van der Waals surface area contributed by atoms with E-state index in [4.69, 9.17) is 4.74 Å². The number of aromatic nitrogens is 3. The highest BCUT2D eigenvalue weighted by atomic mass is 19.1. The summed E-state index contributed by atoms with van der Waals surface area (Å²) in [6, 6.07) is 10.0. The number of nitrogens with zero attached hydrogens (tertiary/aromatic N) is 5. The highest BCUT2D eigenvalue weighted by Gasteiger charge is 2.36. The predicted octanol–water partition coefficient (Wildman–Crippen LogP) is 2.40. The van der Waals surface area contributed by atoms with Crippen LogP contribution >= 0.6 is 0 Å². The van der Waals surface area contributed by atoms with E-state index in [9.17, 15) is 24.1 Å². The van der Waals surface area contributed by atoms with Crippen LogP contribution in [0.5, 0.6) is 5.75 Å². The molecule has 0 spiro atoms. The Kier molecular flexibility index (Phi) is 6.24. The van der Waals surface area contributed by atoms with Crippen LogP contribution in [0.3, 0.4) is 0 Å². The van der Waals surface area contributed by atoms with Crippen LogP contribution in [0.2, 0.25) is 0 Å². The highest BCUT2D eigenvalue weighted by molar-refractivity contribution is 6.03. The van der Waals surface area contributed by atoms with Crippen molar-refractivity contribution in [2.24, 2.45) is 5.92 Å². The molecule has 1 unspecified atom stereocenters. The van der Waals surface area contributed by atoms with Crippen LogP contribution in [0.15, 0.2) is 55.1 Å². The molecule has 33 heavy (non-hydrogen) atoms. The molecule has 1 fully saturated rings. The lowest BCUT2D eigenvalue weighted by Crippen LogP contribution is -2.28. The van der Waals surface area contributed by atoms with Crippen LogP contribution < -0.4 is 15.0 Å². The Morgan fingerprint density at radius 1 is 1.30 bits per heavy atom. The van der Waals surface area contributed by atoms with Gasteiger partial charge in [0.25, 0.3) is 0 Å². The molecule has 1 N–H and O–H groups in total. The summed E-state index contributed by atoms with van der Waals surface area (Å²) in [6.07, 6.45) is 2.95. The molecule has 1 atom stereocenters. The molecule has 0 aliphatic carbocycles. The van der Waals surface area contributed by atoms with Crippen LogP contribution in [0.25, 0.3) is 0 Å². The van der Waals surface area contributed by atoms with E-state index in [2.05, 4.69) is 15.4 Å². The smallest absolute Gasteiger partial charge is 0.306 e. The van der Waals surface area contributed by atoms with E-state index in [1.54, 1.807) is 35.3 Å². The van der Waals surface area contributed by atoms with Crippen molar-refractivity contribution in [3.8, 4) is 5.75 Å². The van der Waals surface area contributed by atoms with Gasteiger partial charge in [0, 0.05) is 30.8 Å². The number of carbonyl (C=O) groups excluding carboxylic acids is 2. The Morgan fingerprint density at radius 2 is 2.15 bits per heavy atom. The largest absolute Gasteiger partial charge is 0.492 e. The molecule has 1 saturated heterocycles. The molecule has 0 radical (unpaired) electrons. The van der Waals surface area contributed by atoms with Gasteiger partial charge in [-0.3, -0.25) is 19.7 Å². The first-order valence-corrected chi connectivity index (χ1v) is 10.0. The van der Waals surface area contributed by atoms with Gasteiger partial charge in [0.15, 0.2) is 0 Å². The summed E-state index contributed by atoms with van der Waals surface area (Å²) < 4.78 is 20.9. The number of rotatable bonds is 8. The monoisotopic (exact) mass is 454 g/mol. The molecule has 2 amide bonds. The van der Waals surface area contributed by atoms with Crippen molar-refractivity contribution >= 4 is 28.9 Å². The maximum Gasteiger partial charge on any atom is 0.306 e. The van der Waals surface area contributed by atoms with Crippen LogP contribution in [-0.4, -0.2) is 44.7 Å². The quantitative estimate of drug-likeness (QED) is 0.408. The minimum atomic E-state index is -0.993. The number of hydrogen-bond donors (Lipinski definition) is 1. The lowest BCUT2D eigenvalue weighted by atomic mass is 10.1. The minimum absolute atomic E-state index is 0.0293. The number of benzene rings is 2. The molecule has 3 aromatic rings. The minimum Gasteiger partial charge on any atom is -0.492 e. The van der Waals surface area contributed by atoms with E-state index >= 15 is 0 Å². The first-order chi connectivity index (χ1) is 15.9. The number of nitro groups is 1. The van der Waals surface area contributed by atoms with Gasteiger partial charge in [0.2, 0.25) is 17.6 Å². The number of halogens is 1. The number of anilines is 2. The SMILES string of the molecule is O=C(Nc1cccc(OCCn2cncn2)c1)C1CC(=O)N(c2ccc(F)c([N+](=O)[O-])c2)C1. The lowest BCUT2D eigenvalue weighted by molar-refractivity contribution is -0.387. The maximum absolute atomic E-state index is 13.6. The highest BCUT2D eigenvalue weighted by Crippen LogP contribution is 2.30. The van der Waals surface area contributed by atoms with Gasteiger partial charge in [-0.05, 0) is 24.3 Å². The Balaban J connectivity index is 1.37. The average Bonchev–Trinajstić information content (AvgIpc) is 3.44. The Morgan fingerprint density at radius 3 is 2.91 bits per heavy atom. The summed E-state index contributed by atoms with van der Waals surface area (Å²) in [7, 11) is 0. The van der Waals surface area contributed by atoms with Crippen LogP contribution in [0.4, 0.5) is 21.5 Å². The lowest BCUT2D eigenvalue weighted by Gasteiger charge is -2.17. The molecule has 1 aliphatic heterocycles. The maximum atomic E-state index is 13.6. The molecule has 0 saturated carbocycles. The fourth-order valence-corrected chi connectivity index (χ4v) is 3.45. The number of ether oxygens (including phenoxy) is 1. The third kappa shape index (κ3) is 5.11. The summed E-state index contributed by atoms with van der Waals surface area (Å²) in [6.45, 7) is 0.899. The van der Waals surface area contributed by atoms with Crippen molar-refractivity contribution in [2.75, 3.05) is 23.4 Å². The summed E-state index contributed by atoms with van der Waals surface area (Å²) >= 11 is 0. The zero-order chi connectivity index (χ0) is 23.4. The molecule has 2 aromatic carbocycles. The average molecular weight is 454 g/mol. The van der Waals surface area contributed by atoms with Crippen LogP contribution in [0, 0.1) is 21.8 Å². The van der Waals surface area contributed by atoms with Crippen molar-refractivity contribution in [3.05, 3.63) is 71.1 Å². The van der Waals surface area contributed by atoms with E-state index in [0.717, 1.165) is 12.1 Å². The standard InChI is InChI=1S/C21H19FN6O5/c22-18-5-4-16(10-19(18)28(31)32)27-11-14(8-20(27)29)21(30)25-15-2-1-3-17(9-15)33-7-6-26-13-23-12-24-26/h1-5,9-10,12-14H,6-8,11H2,(H,25,30). The predicted molar refractivity (Wildman–Crippen MR) is 114 cm³/mol. The molecule has 11 nitrogen and oxygen atoms in total. The first kappa shape index (κ1) is 21.9. The van der Waals surface area contributed by atoms with E-state index in [-0.39, 0.29) is 30.5 Å². The van der Waals surface area contributed by atoms with Crippen molar-refractivity contribution in [2.45, 2.75) is 13.0 Å². The second kappa shape index (κ2) is 9.42. The second-order valence-electron chi connectivity index (χ2n) is 7.32. The number of nitro benzene ring substituents is 1. The van der Waals surface area contributed by atoms with E-state index in [1.807, 2.05) is 0 Å². The van der Waals surface area contributed by atoms with Crippen molar-refractivity contribution in [1.82, 2.24) is 14.8 Å². The van der Waals surface area contributed by atoms with Crippen molar-refractivity contribution in [3.63, 3.8) is 0 Å². The first-order valence-electron chi connectivity index (χ1n) is 10.0. The molecule has 0 bridgehead atoms. The third-order valence-corrected chi connectivity index (χ3v) is 5.09. The summed E-state index contributed by atoms with van der Waals surface area (Å²) in [5.74, 6) is -1.86. The van der Waals surface area contributed by atoms with Crippen LogP contribution in [-0.2, 0) is 16.1 Å². The van der Waals surface area contributed by atoms with Gasteiger partial charge < -0.3 is 15.0 Å². The van der Waals surface area contributed by atoms with Crippen LogP contribution in [0.1, 0.15) is 6.42 Å². The molecule has 1 aromatic heterocycles. The van der Waals surface area contributed by atoms with Gasteiger partial charge in [-0.1, -0.05) is 6.07 Å². The normalized spacial score (nSPS) is 15.5. The molecule has 2 heterocycles. The van der Waals surface area contributed by atoms with Crippen molar-refractivity contribution in [1.29, 1.82) is 0 Å². The van der Waals surface area contributed by atoms with Gasteiger partial charge in [0.1, 0.15) is 25.0 Å². The van der Waals surface area contributed by atoms with Gasteiger partial charge in [-0.15, -0.1) is 0 Å². The number of nitrogens with one attached hydrogen (secondary N) is 1.